The van der Waals surface area contributed by atoms with E-state index in [1.165, 1.54) is 18.5 Å². The normalized spacial score (nSPS) is 17.9. The van der Waals surface area contributed by atoms with E-state index in [2.05, 4.69) is 24.1 Å². The predicted octanol–water partition coefficient (Wildman–Crippen LogP) is 2.82. The number of hydrogen-bond acceptors (Lipinski definition) is 3. The fourth-order valence-electron chi connectivity index (χ4n) is 2.45. The Morgan fingerprint density at radius 1 is 1.29 bits per heavy atom. The Morgan fingerprint density at radius 3 is 2.76 bits per heavy atom. The van der Waals surface area contributed by atoms with Gasteiger partial charge >= 0.3 is 12.0 Å². The Bertz CT molecular complexity index is 543. The second-order valence-electron chi connectivity index (χ2n) is 6.20. The number of carbonyl (C=O) groups excluding carboxylic acids is 1. The Labute approximate surface area is 124 Å². The van der Waals surface area contributed by atoms with Gasteiger partial charge in [-0.15, -0.1) is 0 Å². The molecule has 2 amide bonds. The van der Waals surface area contributed by atoms with E-state index in [0.29, 0.717) is 12.2 Å². The molecule has 0 spiro atoms. The van der Waals surface area contributed by atoms with E-state index in [-0.39, 0.29) is 17.0 Å². The average Bonchev–Trinajstić information content (AvgIpc) is 2.60. The van der Waals surface area contributed by atoms with Crippen LogP contribution >= 0.6 is 0 Å². The van der Waals surface area contributed by atoms with Gasteiger partial charge in [0.15, 0.2) is 0 Å². The first kappa shape index (κ1) is 15.3. The quantitative estimate of drug-likeness (QED) is 0.877. The molecule has 0 saturated carbocycles. The lowest BCUT2D eigenvalue weighted by atomic mass is 9.85. The lowest BCUT2D eigenvalue weighted by molar-refractivity contribution is 0.0696. The average molecular weight is 291 g/mol. The van der Waals surface area contributed by atoms with Gasteiger partial charge in [-0.2, -0.15) is 0 Å². The molecule has 1 fully saturated rings. The molecule has 0 aliphatic carbocycles. The van der Waals surface area contributed by atoms with E-state index in [1.807, 2.05) is 0 Å². The second kappa shape index (κ2) is 6.11. The summed E-state index contributed by atoms with van der Waals surface area (Å²) in [5, 5.41) is 11.6. The lowest BCUT2D eigenvalue weighted by Crippen LogP contribution is -2.36. The highest BCUT2D eigenvalue weighted by molar-refractivity contribution is 5.92. The number of urea groups is 1. The van der Waals surface area contributed by atoms with Gasteiger partial charge in [0.25, 0.3) is 0 Å². The maximum atomic E-state index is 12.3. The number of carbonyl (C=O) groups is 2. The minimum atomic E-state index is -1.06. The fraction of sp³-hybridized carbons (Fsp3) is 0.533. The van der Waals surface area contributed by atoms with Crippen LogP contribution in [0.15, 0.2) is 18.5 Å². The number of nitrogens with one attached hydrogen (secondary N) is 1. The lowest BCUT2D eigenvalue weighted by Gasteiger charge is -2.23. The number of hydrogen-bond donors (Lipinski definition) is 2. The van der Waals surface area contributed by atoms with Crippen molar-refractivity contribution in [2.75, 3.05) is 18.4 Å². The summed E-state index contributed by atoms with van der Waals surface area (Å²) >= 11 is 0. The summed E-state index contributed by atoms with van der Waals surface area (Å²) in [6.07, 6.45) is 5.76. The molecule has 1 aromatic rings. The third-order valence-corrected chi connectivity index (χ3v) is 3.86. The van der Waals surface area contributed by atoms with Gasteiger partial charge in [0.1, 0.15) is 0 Å². The zero-order valence-corrected chi connectivity index (χ0v) is 12.4. The Balaban J connectivity index is 2.01. The van der Waals surface area contributed by atoms with E-state index < -0.39 is 5.97 Å². The van der Waals surface area contributed by atoms with Crippen LogP contribution in [0.4, 0.5) is 10.5 Å². The topological polar surface area (TPSA) is 82.5 Å². The van der Waals surface area contributed by atoms with Gasteiger partial charge in [0.05, 0.1) is 17.4 Å². The number of anilines is 1. The molecule has 0 aromatic carbocycles. The molecule has 6 heteroatoms. The van der Waals surface area contributed by atoms with Gasteiger partial charge in [-0.1, -0.05) is 13.8 Å². The smallest absolute Gasteiger partial charge is 0.337 e. The molecule has 0 unspecified atom stereocenters. The maximum absolute atomic E-state index is 12.3. The third-order valence-electron chi connectivity index (χ3n) is 3.86. The van der Waals surface area contributed by atoms with Gasteiger partial charge < -0.3 is 15.3 Å². The molecular formula is C15H21N3O3. The molecule has 0 radical (unpaired) electrons. The number of aromatic carboxylic acids is 1. The summed E-state index contributed by atoms with van der Waals surface area (Å²) in [5.41, 5.74) is 0.730. The zero-order valence-electron chi connectivity index (χ0n) is 12.4. The van der Waals surface area contributed by atoms with Crippen LogP contribution in [0.1, 0.15) is 43.5 Å². The number of aromatic nitrogens is 1. The minimum Gasteiger partial charge on any atom is -0.478 e. The van der Waals surface area contributed by atoms with Gasteiger partial charge in [0.2, 0.25) is 0 Å². The molecule has 1 aliphatic heterocycles. The molecule has 2 N–H and O–H groups in total. The molecule has 1 saturated heterocycles. The highest BCUT2D eigenvalue weighted by atomic mass is 16.4. The highest BCUT2D eigenvalue weighted by Crippen LogP contribution is 2.29. The molecule has 1 aliphatic rings. The Hall–Kier alpha value is -2.11. The number of likely N-dealkylation sites (tertiary alicyclic amines) is 1. The molecule has 21 heavy (non-hydrogen) atoms. The first-order valence-corrected chi connectivity index (χ1v) is 7.12. The van der Waals surface area contributed by atoms with Crippen LogP contribution in [-0.4, -0.2) is 40.1 Å². The van der Waals surface area contributed by atoms with Crippen molar-refractivity contribution >= 4 is 17.7 Å². The summed E-state index contributed by atoms with van der Waals surface area (Å²) in [5.74, 6) is -1.06. The van der Waals surface area contributed by atoms with E-state index in [9.17, 15) is 9.59 Å². The van der Waals surface area contributed by atoms with Crippen LogP contribution in [0.2, 0.25) is 0 Å². The summed E-state index contributed by atoms with van der Waals surface area (Å²) in [6.45, 7) is 5.87. The summed E-state index contributed by atoms with van der Waals surface area (Å²) < 4.78 is 0. The Morgan fingerprint density at radius 2 is 2.05 bits per heavy atom. The van der Waals surface area contributed by atoms with Crippen LogP contribution in [0.5, 0.6) is 0 Å². The Kier molecular flexibility index (Phi) is 4.45. The molecule has 0 atom stereocenters. The van der Waals surface area contributed by atoms with E-state index in [0.717, 1.165) is 25.8 Å². The molecule has 6 nitrogen and oxygen atoms in total. The summed E-state index contributed by atoms with van der Waals surface area (Å²) in [6, 6.07) is 1.21. The second-order valence-corrected chi connectivity index (χ2v) is 6.20. The van der Waals surface area contributed by atoms with Gasteiger partial charge in [-0.25, -0.2) is 9.59 Å². The number of pyridine rings is 1. The van der Waals surface area contributed by atoms with Gasteiger partial charge in [0, 0.05) is 19.3 Å². The predicted molar refractivity (Wildman–Crippen MR) is 79.4 cm³/mol. The first-order valence-electron chi connectivity index (χ1n) is 7.12. The molecule has 0 bridgehead atoms. The maximum Gasteiger partial charge on any atom is 0.337 e. The van der Waals surface area contributed by atoms with E-state index >= 15 is 0 Å². The van der Waals surface area contributed by atoms with Gasteiger partial charge in [-0.05, 0) is 30.7 Å². The van der Waals surface area contributed by atoms with Gasteiger partial charge in [-0.3, -0.25) is 4.98 Å². The fourth-order valence-corrected chi connectivity index (χ4v) is 2.45. The van der Waals surface area contributed by atoms with Crippen molar-refractivity contribution < 1.29 is 14.7 Å². The highest BCUT2D eigenvalue weighted by Gasteiger charge is 2.25. The molecule has 2 rings (SSSR count). The molecular weight excluding hydrogens is 270 g/mol. The summed E-state index contributed by atoms with van der Waals surface area (Å²) in [4.78, 5) is 28.8. The molecule has 114 valence electrons. The van der Waals surface area contributed by atoms with Crippen molar-refractivity contribution in [1.82, 2.24) is 9.88 Å². The van der Waals surface area contributed by atoms with Crippen LogP contribution in [0.3, 0.4) is 0 Å². The van der Waals surface area contributed by atoms with E-state index in [4.69, 9.17) is 5.11 Å². The van der Waals surface area contributed by atoms with Crippen molar-refractivity contribution in [1.29, 1.82) is 0 Å². The zero-order chi connectivity index (χ0) is 15.5. The number of amides is 2. The van der Waals surface area contributed by atoms with Crippen molar-refractivity contribution in [2.24, 2.45) is 5.41 Å². The number of rotatable bonds is 2. The van der Waals surface area contributed by atoms with Crippen LogP contribution in [0.25, 0.3) is 0 Å². The van der Waals surface area contributed by atoms with E-state index in [1.54, 1.807) is 4.90 Å². The number of carboxylic acid groups (broad SMARTS) is 1. The minimum absolute atomic E-state index is 0.0600. The number of carboxylic acids is 1. The molecule has 2 heterocycles. The monoisotopic (exact) mass is 291 g/mol. The van der Waals surface area contributed by atoms with Crippen LogP contribution in [-0.2, 0) is 0 Å². The summed E-state index contributed by atoms with van der Waals surface area (Å²) in [7, 11) is 0. The molecule has 1 aromatic heterocycles. The largest absolute Gasteiger partial charge is 0.478 e. The van der Waals surface area contributed by atoms with Crippen molar-refractivity contribution in [3.05, 3.63) is 24.0 Å². The van der Waals surface area contributed by atoms with Crippen LogP contribution < -0.4 is 5.32 Å². The van der Waals surface area contributed by atoms with Crippen molar-refractivity contribution in [3.8, 4) is 0 Å². The van der Waals surface area contributed by atoms with Crippen molar-refractivity contribution in [3.63, 3.8) is 0 Å². The number of nitrogens with zero attached hydrogens (tertiary/aromatic N) is 2. The standard InChI is InChI=1S/C15H21N3O3/c1-15(2)4-3-6-18(7-5-15)14(21)17-12-8-11(13(19)20)9-16-10-12/h8-10H,3-7H2,1-2H3,(H,17,21)(H,19,20). The van der Waals surface area contributed by atoms with Crippen LogP contribution in [0, 0.1) is 5.41 Å². The first-order chi connectivity index (χ1) is 9.87. The van der Waals surface area contributed by atoms with Crippen molar-refractivity contribution in [2.45, 2.75) is 33.1 Å². The third kappa shape index (κ3) is 4.18. The SMILES string of the molecule is CC1(C)CCCN(C(=O)Nc2cncc(C(=O)O)c2)CC1.